The Morgan fingerprint density at radius 2 is 1.89 bits per heavy atom. The van der Waals surface area contributed by atoms with Gasteiger partial charge in [-0.15, -0.1) is 0 Å². The fourth-order valence-corrected chi connectivity index (χ4v) is 3.45. The number of rotatable bonds is 5. The number of nitrogens with zero attached hydrogens (tertiary/aromatic N) is 2. The van der Waals surface area contributed by atoms with Crippen LogP contribution >= 0.6 is 0 Å². The van der Waals surface area contributed by atoms with Crippen molar-refractivity contribution in [1.82, 2.24) is 9.88 Å². The summed E-state index contributed by atoms with van der Waals surface area (Å²) >= 11 is 0. The summed E-state index contributed by atoms with van der Waals surface area (Å²) in [6, 6.07) is 11.0. The fraction of sp³-hybridized carbons (Fsp3) is 0.143. The van der Waals surface area contributed by atoms with Crippen molar-refractivity contribution in [1.29, 1.82) is 0 Å². The summed E-state index contributed by atoms with van der Waals surface area (Å²) in [5, 5.41) is 0. The predicted octanol–water partition coefficient (Wildman–Crippen LogP) is 2.97. The Morgan fingerprint density at radius 1 is 1.11 bits per heavy atom. The van der Waals surface area contributed by atoms with Crippen LogP contribution in [-0.2, 0) is 16.1 Å². The van der Waals surface area contributed by atoms with Crippen molar-refractivity contribution < 1.29 is 23.2 Å². The molecule has 7 heteroatoms. The third kappa shape index (κ3) is 3.11. The average molecular weight is 378 g/mol. The van der Waals surface area contributed by atoms with E-state index in [9.17, 15) is 18.8 Å². The average Bonchev–Trinajstić information content (AvgIpc) is 3.33. The van der Waals surface area contributed by atoms with Crippen LogP contribution < -0.4 is 0 Å². The number of benzene rings is 1. The van der Waals surface area contributed by atoms with E-state index in [2.05, 4.69) is 4.98 Å². The van der Waals surface area contributed by atoms with Crippen LogP contribution in [0.5, 0.6) is 0 Å². The maximum absolute atomic E-state index is 13.4. The van der Waals surface area contributed by atoms with Gasteiger partial charge in [0.1, 0.15) is 11.7 Å². The van der Waals surface area contributed by atoms with Crippen LogP contribution in [0, 0.1) is 11.7 Å². The summed E-state index contributed by atoms with van der Waals surface area (Å²) in [5.74, 6) is -3.86. The number of likely N-dealkylation sites (tertiary alicyclic amines) is 1. The van der Waals surface area contributed by atoms with Crippen molar-refractivity contribution in [3.63, 3.8) is 0 Å². The number of ketones is 2. The maximum Gasteiger partial charge on any atom is 0.291 e. The molecule has 3 heterocycles. The molecule has 2 aromatic heterocycles. The third-order valence-corrected chi connectivity index (χ3v) is 4.74. The van der Waals surface area contributed by atoms with Crippen LogP contribution in [-0.4, -0.2) is 27.4 Å². The van der Waals surface area contributed by atoms with Gasteiger partial charge in [-0.25, -0.2) is 4.39 Å². The first kappa shape index (κ1) is 17.8. The van der Waals surface area contributed by atoms with Crippen molar-refractivity contribution in [3.8, 4) is 0 Å². The highest BCUT2D eigenvalue weighted by atomic mass is 19.1. The molecule has 6 nitrogen and oxygen atoms in total. The first-order valence-electron chi connectivity index (χ1n) is 8.63. The zero-order valence-electron chi connectivity index (χ0n) is 14.6. The number of aromatic nitrogens is 1. The molecule has 2 unspecified atom stereocenters. The molecular formula is C21H15FN2O4. The smallest absolute Gasteiger partial charge is 0.291 e. The van der Waals surface area contributed by atoms with Gasteiger partial charge in [0.2, 0.25) is 11.6 Å². The molecule has 0 bridgehead atoms. The first-order chi connectivity index (χ1) is 13.6. The second-order valence-electron chi connectivity index (χ2n) is 6.47. The van der Waals surface area contributed by atoms with Crippen LogP contribution in [0.4, 0.5) is 4.39 Å². The molecule has 1 aliphatic rings. The van der Waals surface area contributed by atoms with E-state index in [0.717, 1.165) is 0 Å². The summed E-state index contributed by atoms with van der Waals surface area (Å²) < 4.78 is 18.6. The molecule has 1 fully saturated rings. The maximum atomic E-state index is 13.4. The molecule has 0 N–H and O–H groups in total. The molecule has 1 saturated heterocycles. The van der Waals surface area contributed by atoms with Gasteiger partial charge in [0, 0.05) is 18.9 Å². The standard InChI is InChI=1S/C21H15FN2O4/c22-15-7-5-14(6-8-15)18-17(19(25)16-4-2-10-28-16)20(26)21(27)24(18)12-13-3-1-9-23-11-13/h1-11,17-18H,12H2. The Balaban J connectivity index is 1.78. The Kier molecular flexibility index (Phi) is 4.57. The number of hydrogen-bond donors (Lipinski definition) is 0. The molecule has 3 aromatic rings. The minimum Gasteiger partial charge on any atom is -0.461 e. The zero-order valence-corrected chi connectivity index (χ0v) is 14.6. The number of carbonyl (C=O) groups is 3. The summed E-state index contributed by atoms with van der Waals surface area (Å²) in [6.45, 7) is 0.0996. The second-order valence-corrected chi connectivity index (χ2v) is 6.47. The molecule has 4 rings (SSSR count). The van der Waals surface area contributed by atoms with Crippen LogP contribution in [0.3, 0.4) is 0 Å². The van der Waals surface area contributed by atoms with Crippen molar-refractivity contribution in [2.75, 3.05) is 0 Å². The number of hydrogen-bond acceptors (Lipinski definition) is 5. The minimum atomic E-state index is -1.26. The quantitative estimate of drug-likeness (QED) is 0.387. The van der Waals surface area contributed by atoms with E-state index in [0.29, 0.717) is 11.1 Å². The van der Waals surface area contributed by atoms with Gasteiger partial charge in [0.15, 0.2) is 5.76 Å². The Labute approximate surface area is 159 Å². The fourth-order valence-electron chi connectivity index (χ4n) is 3.45. The van der Waals surface area contributed by atoms with E-state index in [1.165, 1.54) is 47.6 Å². The lowest BCUT2D eigenvalue weighted by Gasteiger charge is -2.27. The molecule has 1 amide bonds. The van der Waals surface area contributed by atoms with Gasteiger partial charge in [-0.3, -0.25) is 19.4 Å². The van der Waals surface area contributed by atoms with E-state index in [-0.39, 0.29) is 12.3 Å². The van der Waals surface area contributed by atoms with Crippen LogP contribution in [0.25, 0.3) is 0 Å². The van der Waals surface area contributed by atoms with Crippen molar-refractivity contribution in [2.24, 2.45) is 5.92 Å². The highest BCUT2D eigenvalue weighted by Gasteiger charge is 2.52. The molecule has 28 heavy (non-hydrogen) atoms. The molecule has 2 atom stereocenters. The molecule has 0 saturated carbocycles. The summed E-state index contributed by atoms with van der Waals surface area (Å²) in [5.41, 5.74) is 1.20. The molecule has 0 radical (unpaired) electrons. The zero-order chi connectivity index (χ0) is 19.7. The van der Waals surface area contributed by atoms with Crippen molar-refractivity contribution in [3.05, 3.63) is 89.9 Å². The van der Waals surface area contributed by atoms with Crippen LogP contribution in [0.15, 0.2) is 71.6 Å². The normalized spacial score (nSPS) is 19.2. The van der Waals surface area contributed by atoms with Gasteiger partial charge in [0.25, 0.3) is 5.91 Å². The molecular weight excluding hydrogens is 363 g/mol. The summed E-state index contributed by atoms with van der Waals surface area (Å²) in [4.78, 5) is 43.8. The molecule has 0 aliphatic carbocycles. The highest BCUT2D eigenvalue weighted by Crippen LogP contribution is 2.39. The van der Waals surface area contributed by atoms with Gasteiger partial charge in [-0.2, -0.15) is 0 Å². The second kappa shape index (κ2) is 7.19. The highest BCUT2D eigenvalue weighted by molar-refractivity contribution is 6.43. The van der Waals surface area contributed by atoms with E-state index in [1.54, 1.807) is 24.5 Å². The van der Waals surface area contributed by atoms with Crippen molar-refractivity contribution >= 4 is 17.5 Å². The topological polar surface area (TPSA) is 80.5 Å². The van der Waals surface area contributed by atoms with Gasteiger partial charge < -0.3 is 9.32 Å². The van der Waals surface area contributed by atoms with Gasteiger partial charge in [-0.1, -0.05) is 18.2 Å². The number of carbonyl (C=O) groups excluding carboxylic acids is 3. The Morgan fingerprint density at radius 3 is 2.54 bits per heavy atom. The lowest BCUT2D eigenvalue weighted by molar-refractivity contribution is -0.141. The monoisotopic (exact) mass is 378 g/mol. The number of furan rings is 1. The van der Waals surface area contributed by atoms with E-state index in [1.807, 2.05) is 0 Å². The molecule has 1 aromatic carbocycles. The van der Waals surface area contributed by atoms with Crippen LogP contribution in [0.2, 0.25) is 0 Å². The Hall–Kier alpha value is -3.61. The van der Waals surface area contributed by atoms with Gasteiger partial charge in [-0.05, 0) is 41.5 Å². The minimum absolute atomic E-state index is 0.00138. The Bertz CT molecular complexity index is 1020. The van der Waals surface area contributed by atoms with Gasteiger partial charge in [0.05, 0.1) is 12.3 Å². The van der Waals surface area contributed by atoms with E-state index >= 15 is 0 Å². The first-order valence-corrected chi connectivity index (χ1v) is 8.63. The largest absolute Gasteiger partial charge is 0.461 e. The number of amides is 1. The number of halogens is 1. The van der Waals surface area contributed by atoms with Crippen LogP contribution in [0.1, 0.15) is 27.7 Å². The SMILES string of the molecule is O=C1C(=O)N(Cc2cccnc2)C(c2ccc(F)cc2)C1C(=O)c1ccco1. The number of Topliss-reactive ketones (excluding diaryl/α,β-unsaturated/α-hetero) is 2. The lowest BCUT2D eigenvalue weighted by atomic mass is 9.88. The van der Waals surface area contributed by atoms with E-state index in [4.69, 9.17) is 4.42 Å². The van der Waals surface area contributed by atoms with E-state index < -0.39 is 35.3 Å². The predicted molar refractivity (Wildman–Crippen MR) is 95.5 cm³/mol. The van der Waals surface area contributed by atoms with Gasteiger partial charge >= 0.3 is 0 Å². The summed E-state index contributed by atoms with van der Waals surface area (Å²) in [7, 11) is 0. The lowest BCUT2D eigenvalue weighted by Crippen LogP contribution is -2.30. The summed E-state index contributed by atoms with van der Waals surface area (Å²) in [6.07, 6.45) is 4.51. The van der Waals surface area contributed by atoms with Crippen molar-refractivity contribution in [2.45, 2.75) is 12.6 Å². The number of pyridine rings is 1. The third-order valence-electron chi connectivity index (χ3n) is 4.74. The molecule has 1 aliphatic heterocycles. The molecule has 140 valence electrons. The molecule has 0 spiro atoms.